The third-order valence-electron chi connectivity index (χ3n) is 1.03. The molecule has 0 aromatic rings. The molecule has 1 aliphatic rings. The molecule has 2 heteroatoms. The smallest absolute Gasteiger partial charge is 0.0379 e. The first-order chi connectivity index (χ1) is 3.39. The van der Waals surface area contributed by atoms with Crippen molar-refractivity contribution in [2.75, 3.05) is 6.54 Å². The van der Waals surface area contributed by atoms with Crippen LogP contribution in [0.4, 0.5) is 0 Å². The molecule has 39 valence electrons. The van der Waals surface area contributed by atoms with E-state index in [4.69, 9.17) is 12.8 Å². The van der Waals surface area contributed by atoms with Crippen molar-refractivity contribution < 1.29 is 0 Å². The molecule has 1 saturated heterocycles. The standard InChI is InChI=1S/C5H8NS/c7-6-4-2-1-3-5-6/h1,4H,2-3,5H2. The van der Waals surface area contributed by atoms with Crippen LogP contribution in [0.2, 0.25) is 0 Å². The maximum atomic E-state index is 4.85. The van der Waals surface area contributed by atoms with E-state index >= 15 is 0 Å². The van der Waals surface area contributed by atoms with Crippen molar-refractivity contribution in [2.24, 2.45) is 0 Å². The van der Waals surface area contributed by atoms with Gasteiger partial charge in [-0.05, 0) is 19.3 Å². The summed E-state index contributed by atoms with van der Waals surface area (Å²) in [4.78, 5) is 0. The average molecular weight is 114 g/mol. The van der Waals surface area contributed by atoms with Crippen molar-refractivity contribution in [1.82, 2.24) is 4.31 Å². The molecule has 1 aliphatic heterocycles. The monoisotopic (exact) mass is 114 g/mol. The molecule has 0 saturated carbocycles. The normalized spacial score (nSPS) is 25.3. The lowest BCUT2D eigenvalue weighted by atomic mass is 10.2. The summed E-state index contributed by atoms with van der Waals surface area (Å²) in [6.45, 7) is 3.05. The number of hydrogen-bond donors (Lipinski definition) is 0. The maximum Gasteiger partial charge on any atom is 0.0379 e. The largest absolute Gasteiger partial charge is 0.235 e. The first-order valence-corrected chi connectivity index (χ1v) is 2.85. The lowest BCUT2D eigenvalue weighted by Gasteiger charge is -2.17. The fraction of sp³-hybridized carbons (Fsp3) is 0.600. The zero-order valence-electron chi connectivity index (χ0n) is 4.13. The Morgan fingerprint density at radius 2 is 2.43 bits per heavy atom. The van der Waals surface area contributed by atoms with Gasteiger partial charge in [0, 0.05) is 25.9 Å². The van der Waals surface area contributed by atoms with Crippen LogP contribution in [0.25, 0.3) is 0 Å². The van der Waals surface area contributed by atoms with Crippen molar-refractivity contribution in [3.8, 4) is 0 Å². The van der Waals surface area contributed by atoms with Gasteiger partial charge in [-0.3, -0.25) is 0 Å². The molecule has 0 atom stereocenters. The molecule has 0 aromatic heterocycles. The van der Waals surface area contributed by atoms with Crippen LogP contribution in [-0.2, 0) is 0 Å². The van der Waals surface area contributed by atoms with E-state index in [1.165, 1.54) is 0 Å². The first kappa shape index (κ1) is 5.45. The SMILES string of the molecule is [S]N1[CH]C[CH]CC1. The third kappa shape index (κ3) is 1.70. The minimum atomic E-state index is 1.02. The van der Waals surface area contributed by atoms with E-state index in [9.17, 15) is 0 Å². The summed E-state index contributed by atoms with van der Waals surface area (Å²) in [5, 5.41) is 0. The van der Waals surface area contributed by atoms with Crippen LogP contribution in [0.5, 0.6) is 0 Å². The second-order valence-electron chi connectivity index (χ2n) is 1.64. The molecule has 0 spiro atoms. The molecule has 1 nitrogen and oxygen atoms in total. The molecule has 0 aromatic carbocycles. The van der Waals surface area contributed by atoms with Gasteiger partial charge in [-0.15, -0.1) is 0 Å². The molecule has 1 fully saturated rings. The molecular formula is C5H8NS. The van der Waals surface area contributed by atoms with Gasteiger partial charge in [-0.25, -0.2) is 4.31 Å². The van der Waals surface area contributed by atoms with Crippen molar-refractivity contribution >= 4 is 12.8 Å². The van der Waals surface area contributed by atoms with Gasteiger partial charge in [-0.1, -0.05) is 0 Å². The minimum Gasteiger partial charge on any atom is -0.235 e. The Labute approximate surface area is 50.2 Å². The van der Waals surface area contributed by atoms with Gasteiger partial charge in [0.15, 0.2) is 0 Å². The number of piperidine rings is 1. The summed E-state index contributed by atoms with van der Waals surface area (Å²) in [7, 11) is 0. The molecule has 0 unspecified atom stereocenters. The second-order valence-corrected chi connectivity index (χ2v) is 2.11. The predicted octanol–water partition coefficient (Wildman–Crippen LogP) is 1.56. The third-order valence-corrected chi connectivity index (χ3v) is 1.36. The molecular weight excluding hydrogens is 106 g/mol. The van der Waals surface area contributed by atoms with Gasteiger partial charge in [0.25, 0.3) is 0 Å². The van der Waals surface area contributed by atoms with Crippen molar-refractivity contribution in [3.63, 3.8) is 0 Å². The van der Waals surface area contributed by atoms with Crippen LogP contribution in [0, 0.1) is 13.0 Å². The first-order valence-electron chi connectivity index (χ1n) is 2.48. The van der Waals surface area contributed by atoms with E-state index in [2.05, 4.69) is 6.42 Å². The summed E-state index contributed by atoms with van der Waals surface area (Å²) in [6.07, 6.45) is 4.45. The van der Waals surface area contributed by atoms with Crippen LogP contribution in [0.15, 0.2) is 0 Å². The van der Waals surface area contributed by atoms with Crippen LogP contribution in [0.1, 0.15) is 12.8 Å². The quantitative estimate of drug-likeness (QED) is 0.462. The Balaban J connectivity index is 2.12. The van der Waals surface area contributed by atoms with Crippen LogP contribution >= 0.6 is 12.8 Å². The highest BCUT2D eigenvalue weighted by atomic mass is 32.1. The summed E-state index contributed by atoms with van der Waals surface area (Å²) in [5.41, 5.74) is 0. The molecule has 0 aliphatic carbocycles. The van der Waals surface area contributed by atoms with Gasteiger partial charge in [0.2, 0.25) is 0 Å². The average Bonchev–Trinajstić information content (AvgIpc) is 1.69. The van der Waals surface area contributed by atoms with Crippen molar-refractivity contribution in [1.29, 1.82) is 0 Å². The highest BCUT2D eigenvalue weighted by molar-refractivity contribution is 7.77. The zero-order chi connectivity index (χ0) is 5.11. The lowest BCUT2D eigenvalue weighted by Crippen LogP contribution is -2.15. The van der Waals surface area contributed by atoms with E-state index in [0.29, 0.717) is 0 Å². The molecule has 0 bridgehead atoms. The van der Waals surface area contributed by atoms with Gasteiger partial charge in [0.05, 0.1) is 0 Å². The summed E-state index contributed by atoms with van der Waals surface area (Å²) in [6, 6.07) is 0. The molecule has 1 rings (SSSR count). The Bertz CT molecular complexity index is 50.0. The highest BCUT2D eigenvalue weighted by Gasteiger charge is 2.05. The van der Waals surface area contributed by atoms with Gasteiger partial charge < -0.3 is 0 Å². The van der Waals surface area contributed by atoms with E-state index in [-0.39, 0.29) is 0 Å². The van der Waals surface area contributed by atoms with Crippen LogP contribution in [-0.4, -0.2) is 10.8 Å². The van der Waals surface area contributed by atoms with Gasteiger partial charge >= 0.3 is 0 Å². The lowest BCUT2D eigenvalue weighted by molar-refractivity contribution is 0.505. The number of hydrogen-bond acceptors (Lipinski definition) is 1. The van der Waals surface area contributed by atoms with Crippen molar-refractivity contribution in [3.05, 3.63) is 13.0 Å². The van der Waals surface area contributed by atoms with Gasteiger partial charge in [-0.2, -0.15) is 0 Å². The molecule has 3 radical (unpaired) electrons. The molecule has 7 heavy (non-hydrogen) atoms. The predicted molar refractivity (Wildman–Crippen MR) is 32.1 cm³/mol. The number of rotatable bonds is 0. The van der Waals surface area contributed by atoms with Crippen LogP contribution in [0.3, 0.4) is 0 Å². The maximum absolute atomic E-state index is 4.85. The van der Waals surface area contributed by atoms with E-state index < -0.39 is 0 Å². The minimum absolute atomic E-state index is 1.02. The summed E-state index contributed by atoms with van der Waals surface area (Å²) >= 11 is 4.85. The van der Waals surface area contributed by atoms with Gasteiger partial charge in [0.1, 0.15) is 0 Å². The Hall–Kier alpha value is 0.310. The second kappa shape index (κ2) is 2.58. The highest BCUT2D eigenvalue weighted by Crippen LogP contribution is 2.12. The Morgan fingerprint density at radius 1 is 1.57 bits per heavy atom. The van der Waals surface area contributed by atoms with E-state index in [1.807, 2.05) is 10.8 Å². The topological polar surface area (TPSA) is 3.24 Å². The van der Waals surface area contributed by atoms with E-state index in [1.54, 1.807) is 0 Å². The fourth-order valence-corrected chi connectivity index (χ4v) is 0.811. The fourth-order valence-electron chi connectivity index (χ4n) is 0.620. The molecule has 0 N–H and O–H groups in total. The Kier molecular flexibility index (Phi) is 2.00. The van der Waals surface area contributed by atoms with Crippen molar-refractivity contribution in [2.45, 2.75) is 12.8 Å². The van der Waals surface area contributed by atoms with E-state index in [0.717, 1.165) is 19.4 Å². The number of nitrogens with zero attached hydrogens (tertiary/aromatic N) is 1. The molecule has 0 amide bonds. The van der Waals surface area contributed by atoms with Crippen LogP contribution < -0.4 is 0 Å². The Morgan fingerprint density at radius 3 is 2.71 bits per heavy atom. The molecule has 1 heterocycles. The summed E-state index contributed by atoms with van der Waals surface area (Å²) < 4.78 is 1.82. The zero-order valence-corrected chi connectivity index (χ0v) is 4.95. The summed E-state index contributed by atoms with van der Waals surface area (Å²) in [5.74, 6) is 0.